The first-order valence-corrected chi connectivity index (χ1v) is 6.13. The molecule has 0 bridgehead atoms. The van der Waals surface area contributed by atoms with Crippen molar-refractivity contribution >= 4 is 5.97 Å². The summed E-state index contributed by atoms with van der Waals surface area (Å²) in [6.45, 7) is 4.09. The Bertz CT molecular complexity index is 457. The second-order valence-electron chi connectivity index (χ2n) is 4.71. The van der Waals surface area contributed by atoms with E-state index in [-0.39, 0.29) is 12.3 Å². The van der Waals surface area contributed by atoms with E-state index < -0.39 is 12.0 Å². The van der Waals surface area contributed by atoms with Gasteiger partial charge in [0.1, 0.15) is 17.5 Å². The van der Waals surface area contributed by atoms with Crippen LogP contribution in [0.15, 0.2) is 12.1 Å². The summed E-state index contributed by atoms with van der Waals surface area (Å²) < 4.78 is 10.6. The predicted octanol–water partition coefficient (Wildman–Crippen LogP) is 1.78. The van der Waals surface area contributed by atoms with Gasteiger partial charge in [0.15, 0.2) is 0 Å². The predicted molar refractivity (Wildman–Crippen MR) is 73.0 cm³/mol. The first-order valence-electron chi connectivity index (χ1n) is 6.13. The first-order chi connectivity index (χ1) is 8.90. The topological polar surface area (TPSA) is 81.8 Å². The summed E-state index contributed by atoms with van der Waals surface area (Å²) in [4.78, 5) is 10.9. The molecule has 1 rings (SSSR count). The number of aliphatic carboxylic acids is 1. The van der Waals surface area contributed by atoms with Gasteiger partial charge in [-0.3, -0.25) is 4.79 Å². The van der Waals surface area contributed by atoms with E-state index in [1.54, 1.807) is 20.3 Å². The van der Waals surface area contributed by atoms with Gasteiger partial charge < -0.3 is 20.3 Å². The van der Waals surface area contributed by atoms with Crippen molar-refractivity contribution in [2.45, 2.75) is 32.2 Å². The highest BCUT2D eigenvalue weighted by Crippen LogP contribution is 2.34. The van der Waals surface area contributed by atoms with E-state index in [0.717, 1.165) is 16.9 Å². The monoisotopic (exact) mass is 267 g/mol. The molecule has 0 heterocycles. The molecule has 0 radical (unpaired) electrons. The van der Waals surface area contributed by atoms with Crippen LogP contribution in [0.4, 0.5) is 0 Å². The summed E-state index contributed by atoms with van der Waals surface area (Å²) in [6.07, 6.45) is 0.224. The minimum Gasteiger partial charge on any atom is -0.496 e. The summed E-state index contributed by atoms with van der Waals surface area (Å²) in [5.41, 5.74) is 7.37. The van der Waals surface area contributed by atoms with Gasteiger partial charge >= 0.3 is 5.97 Å². The van der Waals surface area contributed by atoms with Gasteiger partial charge in [0, 0.05) is 12.5 Å². The molecule has 1 atom stereocenters. The van der Waals surface area contributed by atoms with Crippen LogP contribution in [0.5, 0.6) is 11.5 Å². The van der Waals surface area contributed by atoms with Crippen LogP contribution >= 0.6 is 0 Å². The van der Waals surface area contributed by atoms with Gasteiger partial charge in [-0.15, -0.1) is 0 Å². The lowest BCUT2D eigenvalue weighted by Gasteiger charge is -2.18. The molecule has 3 N–H and O–H groups in total. The largest absolute Gasteiger partial charge is 0.496 e. The molecular formula is C14H21NO4. The maximum atomic E-state index is 10.9. The van der Waals surface area contributed by atoms with E-state index in [0.29, 0.717) is 5.75 Å². The van der Waals surface area contributed by atoms with Crippen LogP contribution in [0, 0.1) is 0 Å². The summed E-state index contributed by atoms with van der Waals surface area (Å²) in [6, 6.07) is 2.74. The van der Waals surface area contributed by atoms with Crippen molar-refractivity contribution < 1.29 is 19.4 Å². The Balaban J connectivity index is 3.21. The molecule has 1 unspecified atom stereocenters. The third-order valence-corrected chi connectivity index (χ3v) is 3.01. The lowest BCUT2D eigenvalue weighted by molar-refractivity contribution is -0.138. The van der Waals surface area contributed by atoms with Crippen LogP contribution < -0.4 is 15.2 Å². The van der Waals surface area contributed by atoms with E-state index in [9.17, 15) is 4.79 Å². The van der Waals surface area contributed by atoms with Crippen molar-refractivity contribution in [2.75, 3.05) is 14.2 Å². The SMILES string of the molecule is COc1cc(OC)c(C(C)C)cc1CC(N)C(=O)O. The molecule has 0 saturated carbocycles. The third-order valence-electron chi connectivity index (χ3n) is 3.01. The summed E-state index contributed by atoms with van der Waals surface area (Å²) in [5.74, 6) is 0.571. The van der Waals surface area contributed by atoms with Gasteiger partial charge in [-0.1, -0.05) is 13.8 Å². The zero-order valence-electron chi connectivity index (χ0n) is 11.8. The second-order valence-corrected chi connectivity index (χ2v) is 4.71. The van der Waals surface area contributed by atoms with Crippen LogP contribution in [-0.2, 0) is 11.2 Å². The number of nitrogens with two attached hydrogens (primary N) is 1. The molecule has 19 heavy (non-hydrogen) atoms. The van der Waals surface area contributed by atoms with Crippen LogP contribution in [0.1, 0.15) is 30.9 Å². The molecule has 106 valence electrons. The molecular weight excluding hydrogens is 246 g/mol. The van der Waals surface area contributed by atoms with E-state index >= 15 is 0 Å². The molecule has 0 aliphatic rings. The van der Waals surface area contributed by atoms with E-state index in [1.165, 1.54) is 0 Å². The summed E-state index contributed by atoms with van der Waals surface area (Å²) >= 11 is 0. The number of methoxy groups -OCH3 is 2. The van der Waals surface area contributed by atoms with Crippen LogP contribution in [0.3, 0.4) is 0 Å². The number of hydrogen-bond acceptors (Lipinski definition) is 4. The van der Waals surface area contributed by atoms with Crippen molar-refractivity contribution in [3.8, 4) is 11.5 Å². The number of rotatable bonds is 6. The average molecular weight is 267 g/mol. The molecule has 1 aromatic rings. The second kappa shape index (κ2) is 6.43. The fraction of sp³-hybridized carbons (Fsp3) is 0.500. The molecule has 0 spiro atoms. The highest BCUT2D eigenvalue weighted by atomic mass is 16.5. The number of benzene rings is 1. The average Bonchev–Trinajstić information content (AvgIpc) is 2.37. The molecule has 0 aromatic heterocycles. The maximum Gasteiger partial charge on any atom is 0.320 e. The normalized spacial score (nSPS) is 12.3. The summed E-state index contributed by atoms with van der Waals surface area (Å²) in [5, 5.41) is 8.90. The van der Waals surface area contributed by atoms with Crippen LogP contribution in [0.25, 0.3) is 0 Å². The minimum atomic E-state index is -1.02. The Hall–Kier alpha value is -1.75. The summed E-state index contributed by atoms with van der Waals surface area (Å²) in [7, 11) is 3.14. The Morgan fingerprint density at radius 2 is 1.84 bits per heavy atom. The molecule has 5 heteroatoms. The van der Waals surface area contributed by atoms with Crippen molar-refractivity contribution in [3.05, 3.63) is 23.3 Å². The van der Waals surface area contributed by atoms with E-state index in [1.807, 2.05) is 19.9 Å². The smallest absolute Gasteiger partial charge is 0.320 e. The molecule has 0 amide bonds. The minimum absolute atomic E-state index is 0.224. The fourth-order valence-electron chi connectivity index (χ4n) is 1.93. The van der Waals surface area contributed by atoms with Crippen LogP contribution in [0.2, 0.25) is 0 Å². The number of carboxylic acid groups (broad SMARTS) is 1. The number of ether oxygens (including phenoxy) is 2. The zero-order chi connectivity index (χ0) is 14.6. The Kier molecular flexibility index (Phi) is 5.18. The van der Waals surface area contributed by atoms with E-state index in [4.69, 9.17) is 20.3 Å². The quantitative estimate of drug-likeness (QED) is 0.821. The van der Waals surface area contributed by atoms with E-state index in [2.05, 4.69) is 0 Å². The Morgan fingerprint density at radius 3 is 2.26 bits per heavy atom. The molecule has 5 nitrogen and oxygen atoms in total. The van der Waals surface area contributed by atoms with Crippen LogP contribution in [-0.4, -0.2) is 31.3 Å². The van der Waals surface area contributed by atoms with Gasteiger partial charge in [0.05, 0.1) is 14.2 Å². The molecule has 0 saturated heterocycles. The standard InChI is InChI=1S/C14H21NO4/c1-8(2)10-5-9(6-11(15)14(16)17)12(18-3)7-13(10)19-4/h5,7-8,11H,6,15H2,1-4H3,(H,16,17). The van der Waals surface area contributed by atoms with Crippen molar-refractivity contribution in [2.24, 2.45) is 5.73 Å². The zero-order valence-corrected chi connectivity index (χ0v) is 11.8. The van der Waals surface area contributed by atoms with Gasteiger partial charge in [0.25, 0.3) is 0 Å². The number of hydrogen-bond donors (Lipinski definition) is 2. The van der Waals surface area contributed by atoms with Gasteiger partial charge in [-0.25, -0.2) is 0 Å². The highest BCUT2D eigenvalue weighted by Gasteiger charge is 2.18. The molecule has 1 aromatic carbocycles. The lowest BCUT2D eigenvalue weighted by atomic mass is 9.96. The number of carboxylic acids is 1. The van der Waals surface area contributed by atoms with Crippen molar-refractivity contribution in [3.63, 3.8) is 0 Å². The lowest BCUT2D eigenvalue weighted by Crippen LogP contribution is -2.32. The molecule has 0 fully saturated rings. The molecule has 0 aliphatic heterocycles. The Labute approximate surface area is 113 Å². The fourth-order valence-corrected chi connectivity index (χ4v) is 1.93. The maximum absolute atomic E-state index is 10.9. The third kappa shape index (κ3) is 3.61. The van der Waals surface area contributed by atoms with Crippen molar-refractivity contribution in [1.29, 1.82) is 0 Å². The van der Waals surface area contributed by atoms with Crippen molar-refractivity contribution in [1.82, 2.24) is 0 Å². The van der Waals surface area contributed by atoms with Gasteiger partial charge in [-0.2, -0.15) is 0 Å². The molecule has 0 aliphatic carbocycles. The van der Waals surface area contributed by atoms with Gasteiger partial charge in [-0.05, 0) is 23.1 Å². The number of carbonyl (C=O) groups is 1. The highest BCUT2D eigenvalue weighted by molar-refractivity contribution is 5.73. The Morgan fingerprint density at radius 1 is 1.26 bits per heavy atom. The van der Waals surface area contributed by atoms with Gasteiger partial charge in [0.2, 0.25) is 0 Å². The first kappa shape index (κ1) is 15.3.